The first kappa shape index (κ1) is 38.8. The Kier molecular flexibility index (Phi) is 16.0. The van der Waals surface area contributed by atoms with Crippen molar-refractivity contribution in [2.24, 2.45) is 20.5 Å². The second-order valence-corrected chi connectivity index (χ2v) is 11.3. The van der Waals surface area contributed by atoms with Gasteiger partial charge in [-0.1, -0.05) is 25.0 Å². The minimum atomic E-state index is -0.480. The van der Waals surface area contributed by atoms with Gasteiger partial charge in [0.05, 0.1) is 30.0 Å². The van der Waals surface area contributed by atoms with E-state index in [-0.39, 0.29) is 23.9 Å². The van der Waals surface area contributed by atoms with Gasteiger partial charge in [-0.15, -0.1) is 15.3 Å². The van der Waals surface area contributed by atoms with E-state index in [0.717, 1.165) is 49.0 Å². The van der Waals surface area contributed by atoms with Gasteiger partial charge in [0, 0.05) is 37.5 Å². The number of anilines is 1. The summed E-state index contributed by atoms with van der Waals surface area (Å²) in [6.45, 7) is 10.1. The minimum absolute atomic E-state index is 0.0754. The average molecular weight is 687 g/mol. The van der Waals surface area contributed by atoms with E-state index in [0.29, 0.717) is 42.4 Å². The Morgan fingerprint density at radius 3 is 2.22 bits per heavy atom. The third kappa shape index (κ3) is 12.7. The lowest BCUT2D eigenvalue weighted by Gasteiger charge is -2.23. The van der Waals surface area contributed by atoms with Crippen LogP contribution in [-0.2, 0) is 9.53 Å². The zero-order chi connectivity index (χ0) is 36.3. The molecule has 3 aromatic carbocycles. The van der Waals surface area contributed by atoms with Gasteiger partial charge in [0.2, 0.25) is 5.91 Å². The molecule has 3 aromatic rings. The maximum absolute atomic E-state index is 12.1. The summed E-state index contributed by atoms with van der Waals surface area (Å²) in [6, 6.07) is 15.7. The number of ether oxygens (including phenoxy) is 2. The van der Waals surface area contributed by atoms with Crippen molar-refractivity contribution in [3.8, 4) is 5.75 Å². The number of allylic oxidation sites excluding steroid dienone is 1. The quantitative estimate of drug-likeness (QED) is 0.0416. The first-order chi connectivity index (χ1) is 24.1. The Balaban J connectivity index is 1.48. The minimum Gasteiger partial charge on any atom is -0.494 e. The number of nitrogens with one attached hydrogen (secondary N) is 2. The van der Waals surface area contributed by atoms with Crippen LogP contribution in [0, 0.1) is 24.0 Å². The van der Waals surface area contributed by atoms with Crippen LogP contribution in [0.25, 0.3) is 0 Å². The highest BCUT2D eigenvalue weighted by atomic mass is 16.6. The van der Waals surface area contributed by atoms with Gasteiger partial charge in [-0.05, 0) is 94.1 Å². The van der Waals surface area contributed by atoms with Crippen LogP contribution in [0.15, 0.2) is 87.2 Å². The van der Waals surface area contributed by atoms with Gasteiger partial charge in [-0.25, -0.2) is 4.79 Å². The molecule has 0 unspecified atom stereocenters. The molecule has 0 bridgehead atoms. The fraction of sp³-hybridized carbons (Fsp3) is 0.389. The zero-order valence-corrected chi connectivity index (χ0v) is 29.3. The first-order valence-electron chi connectivity index (χ1n) is 16.6. The molecule has 0 radical (unpaired) electrons. The van der Waals surface area contributed by atoms with Crippen LogP contribution in [0.4, 0.5) is 38.9 Å². The van der Waals surface area contributed by atoms with E-state index in [1.54, 1.807) is 44.2 Å². The third-order valence-corrected chi connectivity index (χ3v) is 7.54. The van der Waals surface area contributed by atoms with Gasteiger partial charge >= 0.3 is 6.09 Å². The number of likely N-dealkylation sites (N-methyl/N-ethyl adjacent to an activating group) is 1. The number of hydrogen-bond acceptors (Lipinski definition) is 11. The molecular weight excluding hydrogens is 640 g/mol. The van der Waals surface area contributed by atoms with Gasteiger partial charge in [0.25, 0.3) is 5.69 Å². The van der Waals surface area contributed by atoms with Gasteiger partial charge in [0.15, 0.2) is 5.69 Å². The van der Waals surface area contributed by atoms with Crippen LogP contribution in [0.3, 0.4) is 0 Å². The average Bonchev–Trinajstić information content (AvgIpc) is 3.10. The topological polar surface area (TPSA) is 172 Å². The third-order valence-electron chi connectivity index (χ3n) is 7.54. The Bertz CT molecular complexity index is 1670. The summed E-state index contributed by atoms with van der Waals surface area (Å²) in [7, 11) is 1.51. The van der Waals surface area contributed by atoms with Crippen molar-refractivity contribution in [1.29, 1.82) is 0 Å². The lowest BCUT2D eigenvalue weighted by atomic mass is 10.1. The molecule has 2 amide bonds. The maximum Gasteiger partial charge on any atom is 0.407 e. The maximum atomic E-state index is 12.1. The molecule has 2 N–H and O–H groups in total. The highest BCUT2D eigenvalue weighted by Gasteiger charge is 2.14. The molecule has 0 atom stereocenters. The lowest BCUT2D eigenvalue weighted by Crippen LogP contribution is -2.31. The van der Waals surface area contributed by atoms with E-state index in [4.69, 9.17) is 9.47 Å². The van der Waals surface area contributed by atoms with Crippen LogP contribution >= 0.6 is 0 Å². The Morgan fingerprint density at radius 1 is 0.880 bits per heavy atom. The molecule has 0 aromatic heterocycles. The lowest BCUT2D eigenvalue weighted by molar-refractivity contribution is -0.384. The molecule has 266 valence electrons. The Labute approximate surface area is 292 Å². The standard InChI is InChI=1S/C36H46N8O6/c1-6-12-35(45)37-19-10-8-9-11-20-38-36(46)50-22-21-43(7-2)29-16-14-28(15-17-29)39-42-32-24-27(4)31(25-34(32)49-5)41-40-30-18-13-26(3)23-33(30)44(47)48/h6,12-18,23-25H,7-11,19-22H2,1-5H3,(H,37,45)(H,38,46)/b12-6+,41-40?,42-39?. The molecule has 14 heteroatoms. The Hall–Kier alpha value is -5.66. The number of nitro benzene ring substituents is 1. The molecule has 0 saturated carbocycles. The molecule has 0 aliphatic rings. The monoisotopic (exact) mass is 686 g/mol. The highest BCUT2D eigenvalue weighted by Crippen LogP contribution is 2.37. The van der Waals surface area contributed by atoms with E-state index in [2.05, 4.69) is 36.0 Å². The number of rotatable bonds is 19. The van der Waals surface area contributed by atoms with Crippen LogP contribution in [0.5, 0.6) is 5.75 Å². The summed E-state index contributed by atoms with van der Waals surface area (Å²) in [6.07, 6.45) is 6.44. The summed E-state index contributed by atoms with van der Waals surface area (Å²) in [5.41, 5.74) is 4.10. The van der Waals surface area contributed by atoms with E-state index < -0.39 is 11.0 Å². The van der Waals surface area contributed by atoms with E-state index >= 15 is 0 Å². The van der Waals surface area contributed by atoms with Crippen LogP contribution in [-0.4, -0.2) is 56.8 Å². The van der Waals surface area contributed by atoms with Crippen molar-refractivity contribution in [1.82, 2.24) is 10.6 Å². The summed E-state index contributed by atoms with van der Waals surface area (Å²) < 4.78 is 10.9. The van der Waals surface area contributed by atoms with E-state index in [1.807, 2.05) is 38.1 Å². The fourth-order valence-electron chi connectivity index (χ4n) is 4.81. The van der Waals surface area contributed by atoms with Crippen molar-refractivity contribution in [3.63, 3.8) is 0 Å². The molecule has 50 heavy (non-hydrogen) atoms. The second-order valence-electron chi connectivity index (χ2n) is 11.3. The number of hydrogen-bond donors (Lipinski definition) is 2. The molecule has 0 aliphatic heterocycles. The predicted molar refractivity (Wildman–Crippen MR) is 194 cm³/mol. The molecule has 0 fully saturated rings. The smallest absolute Gasteiger partial charge is 0.407 e. The van der Waals surface area contributed by atoms with Gasteiger partial charge in [0.1, 0.15) is 18.0 Å². The molecule has 0 aliphatic carbocycles. The molecule has 0 spiro atoms. The number of unbranched alkanes of at least 4 members (excludes halogenated alkanes) is 3. The molecule has 14 nitrogen and oxygen atoms in total. The zero-order valence-electron chi connectivity index (χ0n) is 29.3. The number of methoxy groups -OCH3 is 1. The van der Waals surface area contributed by atoms with Gasteiger partial charge < -0.3 is 25.0 Å². The largest absolute Gasteiger partial charge is 0.494 e. The SMILES string of the molecule is C/C=C/C(=O)NCCCCCCNC(=O)OCCN(CC)c1ccc(N=Nc2cc(C)c(N=Nc3ccc(C)cc3[N+](=O)[O-])cc2OC)cc1. The number of azo groups is 2. The van der Waals surface area contributed by atoms with Gasteiger partial charge in [-0.2, -0.15) is 5.11 Å². The van der Waals surface area contributed by atoms with Crippen LogP contribution in [0.2, 0.25) is 0 Å². The number of benzene rings is 3. The normalized spacial score (nSPS) is 11.3. The number of carbonyl (C=O) groups is 2. The summed E-state index contributed by atoms with van der Waals surface area (Å²) in [5.74, 6) is 0.348. The number of nitrogens with zero attached hydrogens (tertiary/aromatic N) is 6. The second kappa shape index (κ2) is 20.6. The summed E-state index contributed by atoms with van der Waals surface area (Å²) >= 11 is 0. The van der Waals surface area contributed by atoms with Crippen LogP contribution < -0.4 is 20.3 Å². The number of amides is 2. The Morgan fingerprint density at radius 2 is 1.56 bits per heavy atom. The van der Waals surface area contributed by atoms with E-state index in [9.17, 15) is 19.7 Å². The van der Waals surface area contributed by atoms with E-state index in [1.165, 1.54) is 19.3 Å². The van der Waals surface area contributed by atoms with Crippen molar-refractivity contribution in [2.75, 3.05) is 44.8 Å². The molecular formula is C36H46N8O6. The molecule has 3 rings (SSSR count). The predicted octanol–water partition coefficient (Wildman–Crippen LogP) is 8.86. The van der Waals surface area contributed by atoms with Crippen molar-refractivity contribution in [3.05, 3.63) is 88.0 Å². The van der Waals surface area contributed by atoms with Crippen molar-refractivity contribution in [2.45, 2.75) is 53.4 Å². The number of nitro groups is 1. The first-order valence-corrected chi connectivity index (χ1v) is 16.6. The molecule has 0 heterocycles. The van der Waals surface area contributed by atoms with Crippen LogP contribution in [0.1, 0.15) is 50.7 Å². The summed E-state index contributed by atoms with van der Waals surface area (Å²) in [5, 5.41) is 34.2. The summed E-state index contributed by atoms with van der Waals surface area (Å²) in [4.78, 5) is 36.5. The van der Waals surface area contributed by atoms with Crippen molar-refractivity contribution < 1.29 is 24.0 Å². The van der Waals surface area contributed by atoms with Crippen molar-refractivity contribution >= 4 is 46.1 Å². The fourth-order valence-corrected chi connectivity index (χ4v) is 4.81. The number of aryl methyl sites for hydroxylation is 2. The van der Waals surface area contributed by atoms with Gasteiger partial charge in [-0.3, -0.25) is 14.9 Å². The number of alkyl carbamates (subject to hydrolysis) is 1. The molecule has 0 saturated heterocycles. The number of carbonyl (C=O) groups excluding carboxylic acids is 2. The highest BCUT2D eigenvalue weighted by molar-refractivity contribution is 5.87.